The molecule has 1 amide bonds. The highest BCUT2D eigenvalue weighted by Gasteiger charge is 2.30. The number of carbonyl (C=O) groups is 1. The maximum Gasteiger partial charge on any atom is 0.416 e. The number of fused-ring (bicyclic) bond motifs is 1. The average molecular weight is 423 g/mol. The van der Waals surface area contributed by atoms with Gasteiger partial charge in [0, 0.05) is 17.5 Å². The van der Waals surface area contributed by atoms with Gasteiger partial charge in [-0.2, -0.15) is 13.2 Å². The molecule has 1 atom stereocenters. The molecule has 0 aliphatic carbocycles. The Labute approximate surface area is 170 Å². The molecule has 0 aliphatic heterocycles. The topological polar surface area (TPSA) is 80.9 Å². The second-order valence-corrected chi connectivity index (χ2v) is 6.62. The van der Waals surface area contributed by atoms with E-state index in [1.807, 2.05) is 0 Å². The minimum absolute atomic E-state index is 0.0303. The van der Waals surface area contributed by atoms with Crippen LogP contribution in [0.15, 0.2) is 46.9 Å². The molecule has 2 N–H and O–H groups in total. The standard InChI is InChI=1S/C21H20F3NO5/c1-12-17-9-15(28-2)6-7-18(17)30-19(12)20(27)25-10-14(26)11-29-16-5-3-4-13(8-16)21(22,23)24/h3-9,14,26H,10-11H2,1-2H3,(H,25,27). The first kappa shape index (κ1) is 21.5. The van der Waals surface area contributed by atoms with Gasteiger partial charge >= 0.3 is 6.18 Å². The Balaban J connectivity index is 1.57. The van der Waals surface area contributed by atoms with Crippen molar-refractivity contribution < 1.29 is 37.0 Å². The number of aliphatic hydroxyl groups excluding tert-OH is 1. The maximum atomic E-state index is 12.7. The number of aryl methyl sites for hydroxylation is 1. The lowest BCUT2D eigenvalue weighted by atomic mass is 10.1. The van der Waals surface area contributed by atoms with Crippen molar-refractivity contribution in [3.8, 4) is 11.5 Å². The molecular weight excluding hydrogens is 403 g/mol. The fraction of sp³-hybridized carbons (Fsp3) is 0.286. The first-order valence-electron chi connectivity index (χ1n) is 9.02. The van der Waals surface area contributed by atoms with Crippen molar-refractivity contribution in [2.75, 3.05) is 20.3 Å². The highest BCUT2D eigenvalue weighted by atomic mass is 19.4. The number of benzene rings is 2. The van der Waals surface area contributed by atoms with E-state index in [4.69, 9.17) is 13.9 Å². The number of carbonyl (C=O) groups excluding carboxylic acids is 1. The van der Waals surface area contributed by atoms with Gasteiger partial charge in [0.2, 0.25) is 0 Å². The van der Waals surface area contributed by atoms with Crippen LogP contribution in [-0.4, -0.2) is 37.4 Å². The van der Waals surface area contributed by atoms with Crippen LogP contribution in [0.2, 0.25) is 0 Å². The van der Waals surface area contributed by atoms with E-state index >= 15 is 0 Å². The number of hydrogen-bond acceptors (Lipinski definition) is 5. The molecule has 3 aromatic rings. The number of hydrogen-bond donors (Lipinski definition) is 2. The summed E-state index contributed by atoms with van der Waals surface area (Å²) in [6.45, 7) is 1.27. The van der Waals surface area contributed by atoms with Crippen LogP contribution >= 0.6 is 0 Å². The van der Waals surface area contributed by atoms with Gasteiger partial charge in [-0.05, 0) is 43.3 Å². The van der Waals surface area contributed by atoms with Crippen LogP contribution in [0.4, 0.5) is 13.2 Å². The molecule has 1 heterocycles. The van der Waals surface area contributed by atoms with Gasteiger partial charge in [0.25, 0.3) is 5.91 Å². The van der Waals surface area contributed by atoms with Crippen LogP contribution in [0.1, 0.15) is 21.7 Å². The van der Waals surface area contributed by atoms with Gasteiger partial charge in [-0.1, -0.05) is 6.07 Å². The Kier molecular flexibility index (Phi) is 6.21. The van der Waals surface area contributed by atoms with Crippen LogP contribution in [-0.2, 0) is 6.18 Å². The number of halogens is 3. The van der Waals surface area contributed by atoms with Crippen LogP contribution in [0.3, 0.4) is 0 Å². The zero-order chi connectivity index (χ0) is 21.9. The molecule has 0 aliphatic rings. The number of furan rings is 1. The molecular formula is C21H20F3NO5. The Morgan fingerprint density at radius 1 is 1.20 bits per heavy atom. The van der Waals surface area contributed by atoms with E-state index in [-0.39, 0.29) is 24.7 Å². The van der Waals surface area contributed by atoms with E-state index in [1.54, 1.807) is 25.1 Å². The predicted octanol–water partition coefficient (Wildman–Crippen LogP) is 3.94. The van der Waals surface area contributed by atoms with Gasteiger partial charge < -0.3 is 24.3 Å². The highest BCUT2D eigenvalue weighted by Crippen LogP contribution is 2.31. The first-order valence-corrected chi connectivity index (χ1v) is 9.02. The quantitative estimate of drug-likeness (QED) is 0.602. The van der Waals surface area contributed by atoms with Crippen LogP contribution in [0, 0.1) is 6.92 Å². The first-order chi connectivity index (χ1) is 14.2. The molecule has 9 heteroatoms. The van der Waals surface area contributed by atoms with Crippen LogP contribution in [0.25, 0.3) is 11.0 Å². The van der Waals surface area contributed by atoms with Gasteiger partial charge in [0.1, 0.15) is 29.8 Å². The molecule has 3 rings (SSSR count). The molecule has 6 nitrogen and oxygen atoms in total. The maximum absolute atomic E-state index is 12.7. The highest BCUT2D eigenvalue weighted by molar-refractivity contribution is 5.99. The Morgan fingerprint density at radius 3 is 2.67 bits per heavy atom. The monoisotopic (exact) mass is 423 g/mol. The summed E-state index contributed by atoms with van der Waals surface area (Å²) in [5.74, 6) is 0.169. The molecule has 160 valence electrons. The van der Waals surface area contributed by atoms with Gasteiger partial charge in [-0.3, -0.25) is 4.79 Å². The fourth-order valence-electron chi connectivity index (χ4n) is 2.85. The largest absolute Gasteiger partial charge is 0.497 e. The fourth-order valence-corrected chi connectivity index (χ4v) is 2.85. The molecule has 30 heavy (non-hydrogen) atoms. The number of amides is 1. The third kappa shape index (κ3) is 4.85. The number of methoxy groups -OCH3 is 1. The lowest BCUT2D eigenvalue weighted by Gasteiger charge is -2.14. The molecule has 0 spiro atoms. The normalized spacial score (nSPS) is 12.6. The third-order valence-electron chi connectivity index (χ3n) is 4.45. The summed E-state index contributed by atoms with van der Waals surface area (Å²) in [7, 11) is 1.53. The van der Waals surface area contributed by atoms with Crippen molar-refractivity contribution in [2.45, 2.75) is 19.2 Å². The summed E-state index contributed by atoms with van der Waals surface area (Å²) in [5, 5.41) is 13.3. The molecule has 0 saturated carbocycles. The summed E-state index contributed by atoms with van der Waals surface area (Å²) in [6.07, 6.45) is -5.62. The van der Waals surface area contributed by atoms with Gasteiger partial charge in [-0.25, -0.2) is 0 Å². The van der Waals surface area contributed by atoms with E-state index in [2.05, 4.69) is 5.32 Å². The van der Waals surface area contributed by atoms with E-state index in [0.29, 0.717) is 16.9 Å². The summed E-state index contributed by atoms with van der Waals surface area (Å²) in [4.78, 5) is 12.4. The van der Waals surface area contributed by atoms with E-state index in [9.17, 15) is 23.1 Å². The third-order valence-corrected chi connectivity index (χ3v) is 4.45. The summed E-state index contributed by atoms with van der Waals surface area (Å²) in [5.41, 5.74) is 0.294. The smallest absolute Gasteiger partial charge is 0.416 e. The number of ether oxygens (including phenoxy) is 2. The van der Waals surface area contributed by atoms with Gasteiger partial charge in [0.05, 0.1) is 12.7 Å². The van der Waals surface area contributed by atoms with Crippen LogP contribution in [0.5, 0.6) is 11.5 Å². The summed E-state index contributed by atoms with van der Waals surface area (Å²) in [6, 6.07) is 9.49. The Bertz CT molecular complexity index is 1040. The van der Waals surface area contributed by atoms with Crippen molar-refractivity contribution in [1.82, 2.24) is 5.32 Å². The Hall–Kier alpha value is -3.20. The summed E-state index contributed by atoms with van der Waals surface area (Å²) >= 11 is 0. The Morgan fingerprint density at radius 2 is 1.97 bits per heavy atom. The van der Waals surface area contributed by atoms with E-state index in [1.165, 1.54) is 19.2 Å². The SMILES string of the molecule is COc1ccc2oc(C(=O)NCC(O)COc3cccc(C(F)(F)F)c3)c(C)c2c1. The number of alkyl halides is 3. The molecule has 1 unspecified atom stereocenters. The zero-order valence-corrected chi connectivity index (χ0v) is 16.2. The van der Waals surface area contributed by atoms with Crippen molar-refractivity contribution in [1.29, 1.82) is 0 Å². The second-order valence-electron chi connectivity index (χ2n) is 6.62. The molecule has 2 aromatic carbocycles. The molecule has 0 fully saturated rings. The van der Waals surface area contributed by atoms with Crippen molar-refractivity contribution >= 4 is 16.9 Å². The van der Waals surface area contributed by atoms with E-state index < -0.39 is 23.8 Å². The molecule has 1 aromatic heterocycles. The molecule has 0 bridgehead atoms. The second kappa shape index (κ2) is 8.66. The minimum atomic E-state index is -4.49. The summed E-state index contributed by atoms with van der Waals surface area (Å²) < 4.78 is 54.1. The van der Waals surface area contributed by atoms with Crippen molar-refractivity contribution in [3.05, 3.63) is 59.4 Å². The van der Waals surface area contributed by atoms with Gasteiger partial charge in [0.15, 0.2) is 5.76 Å². The van der Waals surface area contributed by atoms with Crippen molar-refractivity contribution in [2.24, 2.45) is 0 Å². The van der Waals surface area contributed by atoms with Crippen molar-refractivity contribution in [3.63, 3.8) is 0 Å². The average Bonchev–Trinajstić information content (AvgIpc) is 3.06. The number of nitrogens with one attached hydrogen (secondary N) is 1. The predicted molar refractivity (Wildman–Crippen MR) is 103 cm³/mol. The zero-order valence-electron chi connectivity index (χ0n) is 16.2. The lowest BCUT2D eigenvalue weighted by Crippen LogP contribution is -2.35. The minimum Gasteiger partial charge on any atom is -0.497 e. The molecule has 0 saturated heterocycles. The molecule has 0 radical (unpaired) electrons. The number of rotatable bonds is 7. The number of aliphatic hydroxyl groups is 1. The van der Waals surface area contributed by atoms with E-state index in [0.717, 1.165) is 17.5 Å². The lowest BCUT2D eigenvalue weighted by molar-refractivity contribution is -0.137. The van der Waals surface area contributed by atoms with Gasteiger partial charge in [-0.15, -0.1) is 0 Å². The van der Waals surface area contributed by atoms with Crippen LogP contribution < -0.4 is 14.8 Å².